The third-order valence-corrected chi connectivity index (χ3v) is 4.59. The first-order valence-electron chi connectivity index (χ1n) is 5.99. The van der Waals surface area contributed by atoms with Crippen LogP contribution in [0.3, 0.4) is 0 Å². The number of benzene rings is 1. The molecule has 5 heteroatoms. The van der Waals surface area contributed by atoms with E-state index in [1.807, 2.05) is 13.0 Å². The third-order valence-electron chi connectivity index (χ3n) is 2.47. The summed E-state index contributed by atoms with van der Waals surface area (Å²) < 4.78 is 25.9. The van der Waals surface area contributed by atoms with Crippen LogP contribution in [0.25, 0.3) is 0 Å². The van der Waals surface area contributed by atoms with Crippen LogP contribution in [0.4, 0.5) is 5.69 Å². The van der Waals surface area contributed by atoms with Gasteiger partial charge in [0.15, 0.2) is 0 Å². The molecule has 0 amide bonds. The molecule has 0 aromatic heterocycles. The molecule has 0 spiro atoms. The molecular weight excluding hydrogens is 260 g/mol. The molecule has 4 nitrogen and oxygen atoms in total. The second kappa shape index (κ2) is 5.64. The highest BCUT2D eigenvalue weighted by Gasteiger charge is 2.28. The van der Waals surface area contributed by atoms with E-state index in [-0.39, 0.29) is 6.54 Å². The van der Waals surface area contributed by atoms with Gasteiger partial charge in [-0.3, -0.25) is 4.72 Å². The Morgan fingerprint density at radius 3 is 2.42 bits per heavy atom. The van der Waals surface area contributed by atoms with E-state index >= 15 is 0 Å². The lowest BCUT2D eigenvalue weighted by molar-refractivity contribution is 0.566. The second-order valence-corrected chi connectivity index (χ2v) is 7.75. The molecule has 1 aromatic rings. The van der Waals surface area contributed by atoms with Gasteiger partial charge in [-0.25, -0.2) is 8.42 Å². The van der Waals surface area contributed by atoms with Crippen LogP contribution in [0.2, 0.25) is 0 Å². The lowest BCUT2D eigenvalue weighted by atomic mass is 10.1. The van der Waals surface area contributed by atoms with Crippen LogP contribution >= 0.6 is 0 Å². The summed E-state index contributed by atoms with van der Waals surface area (Å²) in [5, 5.41) is 0. The van der Waals surface area contributed by atoms with Crippen molar-refractivity contribution in [3.63, 3.8) is 0 Å². The van der Waals surface area contributed by atoms with Crippen LogP contribution in [-0.2, 0) is 10.0 Å². The fourth-order valence-corrected chi connectivity index (χ4v) is 2.11. The lowest BCUT2D eigenvalue weighted by Gasteiger charge is -2.20. The normalized spacial score (nSPS) is 11.6. The predicted molar refractivity (Wildman–Crippen MR) is 79.4 cm³/mol. The van der Waals surface area contributed by atoms with Gasteiger partial charge in [-0.1, -0.05) is 11.8 Å². The number of rotatable bonds is 2. The molecule has 0 radical (unpaired) electrons. The average Bonchev–Trinajstić information content (AvgIpc) is 2.23. The lowest BCUT2D eigenvalue weighted by Crippen LogP contribution is -2.33. The summed E-state index contributed by atoms with van der Waals surface area (Å²) in [6.45, 7) is 7.13. The number of anilines is 1. The SMILES string of the molecule is Cc1cc(C#CCN)cc(NS(=O)(=O)C(C)(C)C)c1. The van der Waals surface area contributed by atoms with Gasteiger partial charge in [-0.15, -0.1) is 0 Å². The largest absolute Gasteiger partial charge is 0.320 e. The molecule has 1 rings (SSSR count). The minimum atomic E-state index is -3.43. The molecule has 0 fully saturated rings. The zero-order chi connectivity index (χ0) is 14.7. The van der Waals surface area contributed by atoms with Crippen molar-refractivity contribution >= 4 is 15.7 Å². The number of nitrogens with one attached hydrogen (secondary N) is 1. The number of aryl methyl sites for hydroxylation is 1. The van der Waals surface area contributed by atoms with Crippen molar-refractivity contribution in [3.05, 3.63) is 29.3 Å². The molecule has 1 aromatic carbocycles. The number of hydrogen-bond acceptors (Lipinski definition) is 3. The maximum Gasteiger partial charge on any atom is 0.237 e. The van der Waals surface area contributed by atoms with Crippen LogP contribution in [-0.4, -0.2) is 19.7 Å². The minimum Gasteiger partial charge on any atom is -0.320 e. The van der Waals surface area contributed by atoms with Gasteiger partial charge in [0.25, 0.3) is 0 Å². The molecule has 0 unspecified atom stereocenters. The zero-order valence-electron chi connectivity index (χ0n) is 11.7. The van der Waals surface area contributed by atoms with Crippen molar-refractivity contribution in [3.8, 4) is 11.8 Å². The van der Waals surface area contributed by atoms with Gasteiger partial charge in [-0.2, -0.15) is 0 Å². The Morgan fingerprint density at radius 1 is 1.26 bits per heavy atom. The van der Waals surface area contributed by atoms with Gasteiger partial charge < -0.3 is 5.73 Å². The second-order valence-electron chi connectivity index (χ2n) is 5.31. The summed E-state index contributed by atoms with van der Waals surface area (Å²) in [6, 6.07) is 5.37. The summed E-state index contributed by atoms with van der Waals surface area (Å²) in [5.74, 6) is 5.65. The summed E-state index contributed by atoms with van der Waals surface area (Å²) in [4.78, 5) is 0. The maximum absolute atomic E-state index is 12.1. The van der Waals surface area contributed by atoms with Gasteiger partial charge in [0.05, 0.1) is 11.3 Å². The van der Waals surface area contributed by atoms with Crippen LogP contribution < -0.4 is 10.5 Å². The average molecular weight is 280 g/mol. The third kappa shape index (κ3) is 4.27. The van der Waals surface area contributed by atoms with E-state index < -0.39 is 14.8 Å². The monoisotopic (exact) mass is 280 g/mol. The molecule has 0 aliphatic heterocycles. The van der Waals surface area contributed by atoms with E-state index in [1.165, 1.54) is 0 Å². The molecule has 0 aliphatic rings. The molecule has 0 heterocycles. The topological polar surface area (TPSA) is 72.2 Å². The van der Waals surface area contributed by atoms with Gasteiger partial charge in [0, 0.05) is 11.3 Å². The Hall–Kier alpha value is -1.51. The van der Waals surface area contributed by atoms with Crippen LogP contribution in [0.1, 0.15) is 31.9 Å². The van der Waals surface area contributed by atoms with Crippen molar-refractivity contribution in [1.82, 2.24) is 0 Å². The molecule has 0 saturated heterocycles. The van der Waals surface area contributed by atoms with E-state index in [2.05, 4.69) is 16.6 Å². The van der Waals surface area contributed by atoms with Gasteiger partial charge in [0.2, 0.25) is 10.0 Å². The fraction of sp³-hybridized carbons (Fsp3) is 0.429. The van der Waals surface area contributed by atoms with Crippen molar-refractivity contribution in [2.45, 2.75) is 32.4 Å². The van der Waals surface area contributed by atoms with Crippen molar-refractivity contribution in [2.24, 2.45) is 5.73 Å². The first-order chi connectivity index (χ1) is 8.65. The van der Waals surface area contributed by atoms with Crippen molar-refractivity contribution < 1.29 is 8.42 Å². The Kier molecular flexibility index (Phi) is 4.61. The predicted octanol–water partition coefficient (Wildman–Crippen LogP) is 1.85. The highest BCUT2D eigenvalue weighted by molar-refractivity contribution is 7.94. The van der Waals surface area contributed by atoms with Crippen molar-refractivity contribution in [2.75, 3.05) is 11.3 Å². The Bertz CT molecular complexity index is 617. The van der Waals surface area contributed by atoms with E-state index in [0.29, 0.717) is 5.69 Å². The molecule has 0 atom stereocenters. The smallest absolute Gasteiger partial charge is 0.237 e. The van der Waals surface area contributed by atoms with Gasteiger partial charge in [0.1, 0.15) is 0 Å². The van der Waals surface area contributed by atoms with E-state index in [0.717, 1.165) is 11.1 Å². The minimum absolute atomic E-state index is 0.275. The Balaban J connectivity index is 3.13. The first-order valence-corrected chi connectivity index (χ1v) is 7.47. The number of sulfonamides is 1. The van der Waals surface area contributed by atoms with Crippen molar-refractivity contribution in [1.29, 1.82) is 0 Å². The van der Waals surface area contributed by atoms with Crippen LogP contribution in [0.5, 0.6) is 0 Å². The van der Waals surface area contributed by atoms with Gasteiger partial charge in [-0.05, 0) is 51.5 Å². The zero-order valence-corrected chi connectivity index (χ0v) is 12.6. The number of nitrogens with two attached hydrogens (primary N) is 1. The van der Waals surface area contributed by atoms with E-state index in [9.17, 15) is 8.42 Å². The fourth-order valence-electron chi connectivity index (χ4n) is 1.38. The molecule has 0 aliphatic carbocycles. The van der Waals surface area contributed by atoms with Crippen LogP contribution in [0.15, 0.2) is 18.2 Å². The highest BCUT2D eigenvalue weighted by Crippen LogP contribution is 2.21. The van der Waals surface area contributed by atoms with E-state index in [4.69, 9.17) is 5.73 Å². The standard InChI is InChI=1S/C14H20N2O2S/c1-11-8-12(6-5-7-15)10-13(9-11)16-19(17,18)14(2,3)4/h8-10,16H,7,15H2,1-4H3. The maximum atomic E-state index is 12.1. The van der Waals surface area contributed by atoms with E-state index in [1.54, 1.807) is 32.9 Å². The van der Waals surface area contributed by atoms with Gasteiger partial charge >= 0.3 is 0 Å². The Labute approximate surface area is 115 Å². The summed E-state index contributed by atoms with van der Waals surface area (Å²) in [5.41, 5.74) is 7.54. The highest BCUT2D eigenvalue weighted by atomic mass is 32.2. The molecule has 0 saturated carbocycles. The van der Waals surface area contributed by atoms with Crippen LogP contribution in [0, 0.1) is 18.8 Å². The molecule has 3 N–H and O–H groups in total. The Morgan fingerprint density at radius 2 is 1.89 bits per heavy atom. The summed E-state index contributed by atoms with van der Waals surface area (Å²) in [7, 11) is -3.43. The molecule has 19 heavy (non-hydrogen) atoms. The first kappa shape index (κ1) is 15.5. The molecule has 104 valence electrons. The quantitative estimate of drug-likeness (QED) is 0.812. The summed E-state index contributed by atoms with van der Waals surface area (Å²) >= 11 is 0. The molecular formula is C14H20N2O2S. The number of hydrogen-bond donors (Lipinski definition) is 2. The summed E-state index contributed by atoms with van der Waals surface area (Å²) in [6.07, 6.45) is 0. The molecule has 0 bridgehead atoms.